The molecular formula is C32H33N5O6. The van der Waals surface area contributed by atoms with Gasteiger partial charge in [0.1, 0.15) is 18.1 Å². The zero-order valence-electron chi connectivity index (χ0n) is 23.9. The smallest absolute Gasteiger partial charge is 0.337 e. The van der Waals surface area contributed by atoms with Crippen molar-refractivity contribution < 1.29 is 28.6 Å². The van der Waals surface area contributed by atoms with Gasteiger partial charge in [0.25, 0.3) is 0 Å². The standard InChI is InChI=1S/C32H33N5O6/c1-41-32(40)23-14-12-22(13-15-23)30(31(39)33-24-7-3-2-4-8-24)36(18-21-11-16-27-28(17-21)43-20-42-27)29(38)19-37-26-10-6-5-9-25(26)34-35-37/h5-6,9-17,24,30H,2-4,7-8,18-20H2,1H3,(H,33,39)/t30-/m1/s1. The van der Waals surface area contributed by atoms with Crippen molar-refractivity contribution >= 4 is 28.8 Å². The molecule has 1 aromatic heterocycles. The van der Waals surface area contributed by atoms with Gasteiger partial charge in [-0.05, 0) is 60.4 Å². The second-order valence-corrected chi connectivity index (χ2v) is 10.8. The number of nitrogens with one attached hydrogen (secondary N) is 1. The molecule has 2 heterocycles. The third kappa shape index (κ3) is 6.15. The van der Waals surface area contributed by atoms with Gasteiger partial charge in [0.15, 0.2) is 11.5 Å². The molecule has 2 aliphatic rings. The summed E-state index contributed by atoms with van der Waals surface area (Å²) in [7, 11) is 1.32. The van der Waals surface area contributed by atoms with Crippen molar-refractivity contribution in [2.45, 2.75) is 57.3 Å². The Kier molecular flexibility index (Phi) is 8.21. The number of hydrogen-bond acceptors (Lipinski definition) is 8. The molecule has 0 radical (unpaired) electrons. The molecule has 1 aliphatic carbocycles. The van der Waals surface area contributed by atoms with Crippen LogP contribution in [0.15, 0.2) is 66.7 Å². The van der Waals surface area contributed by atoms with Crippen molar-refractivity contribution in [2.75, 3.05) is 13.9 Å². The molecule has 1 saturated carbocycles. The first-order valence-corrected chi connectivity index (χ1v) is 14.4. The van der Waals surface area contributed by atoms with E-state index in [-0.39, 0.29) is 37.7 Å². The molecule has 0 spiro atoms. The number of esters is 1. The summed E-state index contributed by atoms with van der Waals surface area (Å²) in [6, 6.07) is 18.5. The minimum atomic E-state index is -0.985. The maximum atomic E-state index is 14.3. The lowest BCUT2D eigenvalue weighted by Crippen LogP contribution is -2.47. The Morgan fingerprint density at radius 2 is 1.77 bits per heavy atom. The number of rotatable bonds is 9. The summed E-state index contributed by atoms with van der Waals surface area (Å²) in [6.07, 6.45) is 5.01. The highest BCUT2D eigenvalue weighted by Gasteiger charge is 2.34. The highest BCUT2D eigenvalue weighted by molar-refractivity contribution is 5.91. The van der Waals surface area contributed by atoms with Gasteiger partial charge < -0.3 is 24.4 Å². The maximum Gasteiger partial charge on any atom is 0.337 e. The first-order chi connectivity index (χ1) is 21.0. The number of carbonyl (C=O) groups is 3. The molecule has 2 amide bonds. The molecule has 4 aromatic rings. The average molecular weight is 584 g/mol. The van der Waals surface area contributed by atoms with Crippen LogP contribution in [0.3, 0.4) is 0 Å². The van der Waals surface area contributed by atoms with E-state index in [0.717, 1.165) is 37.7 Å². The molecule has 3 aromatic carbocycles. The maximum absolute atomic E-state index is 14.3. The molecule has 1 atom stereocenters. The van der Waals surface area contributed by atoms with Gasteiger partial charge in [-0.15, -0.1) is 5.10 Å². The van der Waals surface area contributed by atoms with Crippen molar-refractivity contribution in [3.63, 3.8) is 0 Å². The Morgan fingerprint density at radius 1 is 1.00 bits per heavy atom. The van der Waals surface area contributed by atoms with Crippen LogP contribution in [0.25, 0.3) is 11.0 Å². The monoisotopic (exact) mass is 583 g/mol. The van der Waals surface area contributed by atoms with E-state index < -0.39 is 12.0 Å². The van der Waals surface area contributed by atoms with Gasteiger partial charge in [-0.2, -0.15) is 0 Å². The second-order valence-electron chi connectivity index (χ2n) is 10.8. The number of fused-ring (bicyclic) bond motifs is 2. The van der Waals surface area contributed by atoms with Crippen molar-refractivity contribution in [1.29, 1.82) is 0 Å². The first kappa shape index (κ1) is 28.2. The Labute approximate surface area is 248 Å². The number of ether oxygens (including phenoxy) is 3. The zero-order valence-corrected chi connectivity index (χ0v) is 23.9. The van der Waals surface area contributed by atoms with Crippen LogP contribution in [0.1, 0.15) is 59.6 Å². The molecule has 11 heteroatoms. The molecule has 1 N–H and O–H groups in total. The summed E-state index contributed by atoms with van der Waals surface area (Å²) in [6.45, 7) is 0.113. The summed E-state index contributed by atoms with van der Waals surface area (Å²) in [5.41, 5.74) is 3.06. The number of benzene rings is 3. The highest BCUT2D eigenvalue weighted by Crippen LogP contribution is 2.34. The molecule has 222 valence electrons. The number of nitrogens with zero attached hydrogens (tertiary/aromatic N) is 4. The molecule has 1 fully saturated rings. The Hall–Kier alpha value is -4.93. The number of aromatic nitrogens is 3. The molecule has 0 saturated heterocycles. The first-order valence-electron chi connectivity index (χ1n) is 14.4. The highest BCUT2D eigenvalue weighted by atomic mass is 16.7. The van der Waals surface area contributed by atoms with E-state index in [1.54, 1.807) is 39.9 Å². The predicted molar refractivity (Wildman–Crippen MR) is 156 cm³/mol. The van der Waals surface area contributed by atoms with Crippen molar-refractivity contribution in [3.05, 3.63) is 83.4 Å². The fourth-order valence-corrected chi connectivity index (χ4v) is 5.73. The number of hydrogen-bond donors (Lipinski definition) is 1. The second kappa shape index (κ2) is 12.5. The number of methoxy groups -OCH3 is 1. The molecule has 11 nitrogen and oxygen atoms in total. The van der Waals surface area contributed by atoms with Gasteiger partial charge in [-0.3, -0.25) is 9.59 Å². The van der Waals surface area contributed by atoms with Gasteiger partial charge in [-0.1, -0.05) is 54.8 Å². The van der Waals surface area contributed by atoms with E-state index in [9.17, 15) is 14.4 Å². The largest absolute Gasteiger partial charge is 0.465 e. The van der Waals surface area contributed by atoms with Crippen molar-refractivity contribution in [2.24, 2.45) is 0 Å². The summed E-state index contributed by atoms with van der Waals surface area (Å²) in [5, 5.41) is 11.6. The lowest BCUT2D eigenvalue weighted by Gasteiger charge is -2.33. The lowest BCUT2D eigenvalue weighted by molar-refractivity contribution is -0.142. The summed E-state index contributed by atoms with van der Waals surface area (Å²) < 4.78 is 17.5. The summed E-state index contributed by atoms with van der Waals surface area (Å²) >= 11 is 0. The van der Waals surface area contributed by atoms with Crippen LogP contribution in [-0.2, 0) is 27.4 Å². The Balaban J connectivity index is 1.38. The fourth-order valence-electron chi connectivity index (χ4n) is 5.73. The van der Waals surface area contributed by atoms with E-state index in [1.807, 2.05) is 36.4 Å². The Morgan fingerprint density at radius 3 is 2.56 bits per heavy atom. The summed E-state index contributed by atoms with van der Waals surface area (Å²) in [4.78, 5) is 42.1. The lowest BCUT2D eigenvalue weighted by atomic mass is 9.94. The van der Waals surface area contributed by atoms with Crippen LogP contribution < -0.4 is 14.8 Å². The number of carbonyl (C=O) groups excluding carboxylic acids is 3. The molecule has 0 bridgehead atoms. The minimum absolute atomic E-state index is 0.0276. The average Bonchev–Trinajstić information content (AvgIpc) is 3.68. The van der Waals surface area contributed by atoms with Crippen molar-refractivity contribution in [3.8, 4) is 11.5 Å². The van der Waals surface area contributed by atoms with Gasteiger partial charge in [0, 0.05) is 12.6 Å². The van der Waals surface area contributed by atoms with E-state index in [4.69, 9.17) is 14.2 Å². The topological polar surface area (TPSA) is 125 Å². The molecular weight excluding hydrogens is 550 g/mol. The van der Waals surface area contributed by atoms with Crippen LogP contribution in [0.2, 0.25) is 0 Å². The molecule has 6 rings (SSSR count). The minimum Gasteiger partial charge on any atom is -0.465 e. The Bertz CT molecular complexity index is 1630. The zero-order chi connectivity index (χ0) is 29.8. The fraction of sp³-hybridized carbons (Fsp3) is 0.344. The van der Waals surface area contributed by atoms with Crippen LogP contribution >= 0.6 is 0 Å². The molecule has 1 aliphatic heterocycles. The van der Waals surface area contributed by atoms with Crippen LogP contribution in [0, 0.1) is 0 Å². The molecule has 0 unspecified atom stereocenters. The number of para-hydroxylation sites is 1. The van der Waals surface area contributed by atoms with Crippen LogP contribution in [-0.4, -0.2) is 57.6 Å². The third-order valence-corrected chi connectivity index (χ3v) is 7.97. The SMILES string of the molecule is COC(=O)c1ccc([C@H](C(=O)NC2CCCCC2)N(Cc2ccc3c(c2)OCO3)C(=O)Cn2nnc3ccccc32)cc1. The van der Waals surface area contributed by atoms with Gasteiger partial charge in [0.05, 0.1) is 18.2 Å². The van der Waals surface area contributed by atoms with Crippen LogP contribution in [0.4, 0.5) is 0 Å². The van der Waals surface area contributed by atoms with E-state index in [0.29, 0.717) is 33.7 Å². The van der Waals surface area contributed by atoms with Gasteiger partial charge in [-0.25, -0.2) is 9.48 Å². The van der Waals surface area contributed by atoms with Gasteiger partial charge >= 0.3 is 5.97 Å². The third-order valence-electron chi connectivity index (χ3n) is 7.97. The van der Waals surface area contributed by atoms with E-state index in [2.05, 4.69) is 15.6 Å². The number of amides is 2. The quantitative estimate of drug-likeness (QED) is 0.291. The normalized spacial score (nSPS) is 15.2. The molecule has 43 heavy (non-hydrogen) atoms. The van der Waals surface area contributed by atoms with Gasteiger partial charge in [0.2, 0.25) is 18.6 Å². The van der Waals surface area contributed by atoms with Crippen LogP contribution in [0.5, 0.6) is 11.5 Å². The van der Waals surface area contributed by atoms with E-state index in [1.165, 1.54) is 7.11 Å². The predicted octanol–water partition coefficient (Wildman–Crippen LogP) is 4.17. The summed E-state index contributed by atoms with van der Waals surface area (Å²) in [5.74, 6) is 0.115. The van der Waals surface area contributed by atoms with Crippen molar-refractivity contribution in [1.82, 2.24) is 25.2 Å². The van der Waals surface area contributed by atoms with E-state index >= 15 is 0 Å².